The molecule has 5 N–H and O–H groups in total. The van der Waals surface area contributed by atoms with Crippen LogP contribution < -0.4 is 21.5 Å². The Balaban J connectivity index is 2.20. The maximum Gasteiger partial charge on any atom is 0.250 e. The minimum atomic E-state index is -0.469. The van der Waals surface area contributed by atoms with Crippen molar-refractivity contribution in [3.05, 3.63) is 54.1 Å². The van der Waals surface area contributed by atoms with Gasteiger partial charge in [0.1, 0.15) is 12.4 Å². The summed E-state index contributed by atoms with van der Waals surface area (Å²) in [5.74, 6) is 0.251. The Kier molecular flexibility index (Phi) is 4.57. The second-order valence-electron chi connectivity index (χ2n) is 4.20. The molecule has 2 rings (SSSR count). The van der Waals surface area contributed by atoms with Crippen LogP contribution in [-0.4, -0.2) is 19.1 Å². The second-order valence-corrected chi connectivity index (χ2v) is 4.20. The molecule has 0 bridgehead atoms. The van der Waals surface area contributed by atoms with Crippen LogP contribution in [0.1, 0.15) is 10.4 Å². The zero-order valence-corrected chi connectivity index (χ0v) is 11.0. The fourth-order valence-corrected chi connectivity index (χ4v) is 1.80. The Bertz CT molecular complexity index is 599. The Morgan fingerprint density at radius 1 is 1.15 bits per heavy atom. The van der Waals surface area contributed by atoms with Gasteiger partial charge >= 0.3 is 0 Å². The molecule has 0 radical (unpaired) electrons. The molecule has 5 nitrogen and oxygen atoms in total. The summed E-state index contributed by atoms with van der Waals surface area (Å²) in [6.07, 6.45) is 0. The highest BCUT2D eigenvalue weighted by Crippen LogP contribution is 2.23. The van der Waals surface area contributed by atoms with Crippen molar-refractivity contribution >= 4 is 17.3 Å². The number of rotatable bonds is 6. The number of para-hydroxylation sites is 1. The lowest BCUT2D eigenvalue weighted by Gasteiger charge is -2.11. The van der Waals surface area contributed by atoms with Crippen LogP contribution in [0.3, 0.4) is 0 Å². The molecule has 0 saturated heterocycles. The molecule has 1 amide bonds. The van der Waals surface area contributed by atoms with Crippen molar-refractivity contribution in [3.8, 4) is 5.75 Å². The summed E-state index contributed by atoms with van der Waals surface area (Å²) >= 11 is 0. The molecule has 0 aliphatic carbocycles. The van der Waals surface area contributed by atoms with Crippen molar-refractivity contribution in [3.63, 3.8) is 0 Å². The number of carbonyl (C=O) groups excluding carboxylic acids is 1. The van der Waals surface area contributed by atoms with E-state index < -0.39 is 5.91 Å². The predicted molar refractivity (Wildman–Crippen MR) is 79.2 cm³/mol. The van der Waals surface area contributed by atoms with Gasteiger partial charge in [0, 0.05) is 18.3 Å². The number of benzene rings is 2. The average Bonchev–Trinajstić information content (AvgIpc) is 2.46. The number of amides is 1. The molecule has 0 heterocycles. The monoisotopic (exact) mass is 271 g/mol. The zero-order chi connectivity index (χ0) is 14.4. The second kappa shape index (κ2) is 6.58. The number of ether oxygens (including phenoxy) is 1. The van der Waals surface area contributed by atoms with Crippen LogP contribution >= 0.6 is 0 Å². The first-order valence-corrected chi connectivity index (χ1v) is 6.29. The molecule has 20 heavy (non-hydrogen) atoms. The molecule has 0 saturated carbocycles. The van der Waals surface area contributed by atoms with E-state index in [2.05, 4.69) is 5.32 Å². The Morgan fingerprint density at radius 3 is 2.70 bits per heavy atom. The van der Waals surface area contributed by atoms with E-state index in [-0.39, 0.29) is 0 Å². The molecule has 2 aromatic rings. The molecule has 104 valence electrons. The standard InChI is InChI=1S/C15H17N3O2/c16-8-9-20-12-5-3-4-11(10-12)18-14-7-2-1-6-13(14)15(17)19/h1-7,10,18H,8-9,16H2,(H2,17,19). The van der Waals surface area contributed by atoms with Gasteiger partial charge in [-0.05, 0) is 24.3 Å². The van der Waals surface area contributed by atoms with Crippen molar-refractivity contribution < 1.29 is 9.53 Å². The van der Waals surface area contributed by atoms with Gasteiger partial charge in [-0.2, -0.15) is 0 Å². The topological polar surface area (TPSA) is 90.4 Å². The van der Waals surface area contributed by atoms with E-state index in [0.717, 1.165) is 11.4 Å². The number of hydrogen-bond acceptors (Lipinski definition) is 4. The molecular weight excluding hydrogens is 254 g/mol. The molecule has 5 heteroatoms. The normalized spacial score (nSPS) is 10.1. The lowest BCUT2D eigenvalue weighted by atomic mass is 10.1. The molecule has 0 aliphatic rings. The van der Waals surface area contributed by atoms with Crippen LogP contribution in [0.5, 0.6) is 5.75 Å². The van der Waals surface area contributed by atoms with E-state index in [9.17, 15) is 4.79 Å². The van der Waals surface area contributed by atoms with Crippen molar-refractivity contribution in [2.24, 2.45) is 11.5 Å². The summed E-state index contributed by atoms with van der Waals surface area (Å²) in [5.41, 5.74) is 12.7. The Morgan fingerprint density at radius 2 is 1.95 bits per heavy atom. The quantitative estimate of drug-likeness (QED) is 0.748. The fourth-order valence-electron chi connectivity index (χ4n) is 1.80. The maximum absolute atomic E-state index is 11.4. The molecule has 0 spiro atoms. The average molecular weight is 271 g/mol. The smallest absolute Gasteiger partial charge is 0.250 e. The van der Waals surface area contributed by atoms with Crippen LogP contribution in [0.25, 0.3) is 0 Å². The van der Waals surface area contributed by atoms with Gasteiger partial charge in [0.2, 0.25) is 0 Å². The Hall–Kier alpha value is -2.53. The maximum atomic E-state index is 11.4. The van der Waals surface area contributed by atoms with Gasteiger partial charge < -0.3 is 21.5 Å². The lowest BCUT2D eigenvalue weighted by molar-refractivity contribution is 0.100. The van der Waals surface area contributed by atoms with E-state index in [1.54, 1.807) is 18.2 Å². The van der Waals surface area contributed by atoms with Crippen molar-refractivity contribution in [1.29, 1.82) is 0 Å². The summed E-state index contributed by atoms with van der Waals surface area (Å²) in [6, 6.07) is 14.5. The number of nitrogens with two attached hydrogens (primary N) is 2. The summed E-state index contributed by atoms with van der Waals surface area (Å²) < 4.78 is 5.45. The zero-order valence-electron chi connectivity index (χ0n) is 11.0. The van der Waals surface area contributed by atoms with Gasteiger partial charge in [-0.3, -0.25) is 4.79 Å². The van der Waals surface area contributed by atoms with Gasteiger partial charge in [-0.15, -0.1) is 0 Å². The number of anilines is 2. The first-order valence-electron chi connectivity index (χ1n) is 6.29. The molecule has 0 unspecified atom stereocenters. The van der Waals surface area contributed by atoms with Gasteiger partial charge in [0.25, 0.3) is 5.91 Å². The van der Waals surface area contributed by atoms with Crippen molar-refractivity contribution in [2.45, 2.75) is 0 Å². The third-order valence-corrected chi connectivity index (χ3v) is 2.69. The first-order chi connectivity index (χ1) is 9.70. The van der Waals surface area contributed by atoms with Gasteiger partial charge in [0.15, 0.2) is 0 Å². The molecule has 0 fully saturated rings. The fraction of sp³-hybridized carbons (Fsp3) is 0.133. The highest BCUT2D eigenvalue weighted by Gasteiger charge is 2.07. The van der Waals surface area contributed by atoms with E-state index in [1.165, 1.54) is 0 Å². The van der Waals surface area contributed by atoms with E-state index in [4.69, 9.17) is 16.2 Å². The van der Waals surface area contributed by atoms with Crippen LogP contribution in [0, 0.1) is 0 Å². The van der Waals surface area contributed by atoms with Crippen molar-refractivity contribution in [1.82, 2.24) is 0 Å². The Labute approximate surface area is 117 Å². The molecular formula is C15H17N3O2. The first kappa shape index (κ1) is 13.9. The van der Waals surface area contributed by atoms with Crippen LogP contribution in [0.15, 0.2) is 48.5 Å². The summed E-state index contributed by atoms with van der Waals surface area (Å²) in [6.45, 7) is 0.920. The van der Waals surface area contributed by atoms with Crippen LogP contribution in [0.2, 0.25) is 0 Å². The molecule has 0 atom stereocenters. The number of nitrogens with one attached hydrogen (secondary N) is 1. The van der Waals surface area contributed by atoms with E-state index in [0.29, 0.717) is 24.4 Å². The molecule has 2 aromatic carbocycles. The third kappa shape index (κ3) is 3.49. The summed E-state index contributed by atoms with van der Waals surface area (Å²) in [4.78, 5) is 11.4. The van der Waals surface area contributed by atoms with Crippen LogP contribution in [0.4, 0.5) is 11.4 Å². The van der Waals surface area contributed by atoms with E-state index in [1.807, 2.05) is 30.3 Å². The van der Waals surface area contributed by atoms with Gasteiger partial charge in [-0.1, -0.05) is 18.2 Å². The minimum Gasteiger partial charge on any atom is -0.492 e. The highest BCUT2D eigenvalue weighted by atomic mass is 16.5. The van der Waals surface area contributed by atoms with Gasteiger partial charge in [0.05, 0.1) is 11.3 Å². The SMILES string of the molecule is NCCOc1cccc(Nc2ccccc2C(N)=O)c1. The van der Waals surface area contributed by atoms with Crippen molar-refractivity contribution in [2.75, 3.05) is 18.5 Å². The van der Waals surface area contributed by atoms with Crippen LogP contribution in [-0.2, 0) is 0 Å². The van der Waals surface area contributed by atoms with E-state index >= 15 is 0 Å². The number of hydrogen-bond donors (Lipinski definition) is 3. The van der Waals surface area contributed by atoms with Gasteiger partial charge in [-0.25, -0.2) is 0 Å². The highest BCUT2D eigenvalue weighted by molar-refractivity contribution is 5.99. The third-order valence-electron chi connectivity index (χ3n) is 2.69. The largest absolute Gasteiger partial charge is 0.492 e. The minimum absolute atomic E-state index is 0.445. The summed E-state index contributed by atoms with van der Waals surface area (Å²) in [7, 11) is 0. The molecule has 0 aliphatic heterocycles. The molecule has 0 aromatic heterocycles. The number of carbonyl (C=O) groups is 1. The lowest BCUT2D eigenvalue weighted by Crippen LogP contribution is -2.13. The number of primary amides is 1. The summed E-state index contributed by atoms with van der Waals surface area (Å²) in [5, 5.41) is 3.16. The predicted octanol–water partition coefficient (Wildman–Crippen LogP) is 1.87.